The molecular formula is C23H23NO4. The van der Waals surface area contributed by atoms with Crippen molar-refractivity contribution in [2.75, 3.05) is 12.4 Å². The van der Waals surface area contributed by atoms with E-state index >= 15 is 0 Å². The van der Waals surface area contributed by atoms with Crippen molar-refractivity contribution in [1.29, 1.82) is 0 Å². The second-order valence-corrected chi connectivity index (χ2v) is 6.23. The van der Waals surface area contributed by atoms with Crippen LogP contribution in [0.15, 0.2) is 72.8 Å². The van der Waals surface area contributed by atoms with Gasteiger partial charge in [0, 0.05) is 19.1 Å². The highest BCUT2D eigenvalue weighted by atomic mass is 16.5. The van der Waals surface area contributed by atoms with Gasteiger partial charge < -0.3 is 19.5 Å². The molecule has 0 aromatic heterocycles. The molecule has 5 heteroatoms. The summed E-state index contributed by atoms with van der Waals surface area (Å²) in [7, 11) is 1.55. The van der Waals surface area contributed by atoms with Crippen LogP contribution >= 0.6 is 0 Å². The molecule has 0 spiro atoms. The van der Waals surface area contributed by atoms with Crippen molar-refractivity contribution in [3.05, 3.63) is 83.9 Å². The Kier molecular flexibility index (Phi) is 6.52. The Balaban J connectivity index is 1.86. The Morgan fingerprint density at radius 3 is 1.75 bits per heavy atom. The molecule has 0 aliphatic heterocycles. The maximum atomic E-state index is 11.5. The quantitative estimate of drug-likeness (QED) is 0.612. The van der Waals surface area contributed by atoms with Crippen LogP contribution in [0.25, 0.3) is 0 Å². The van der Waals surface area contributed by atoms with Gasteiger partial charge in [0.2, 0.25) is 5.91 Å². The third-order valence-electron chi connectivity index (χ3n) is 4.05. The number of hydrogen-bond donors (Lipinski definition) is 1. The largest absolute Gasteiger partial charge is 0.494 e. The van der Waals surface area contributed by atoms with E-state index in [1.807, 2.05) is 60.7 Å². The summed E-state index contributed by atoms with van der Waals surface area (Å²) in [6, 6.07) is 23.2. The zero-order valence-electron chi connectivity index (χ0n) is 16.0. The average molecular weight is 377 g/mol. The van der Waals surface area contributed by atoms with Crippen molar-refractivity contribution in [1.82, 2.24) is 0 Å². The van der Waals surface area contributed by atoms with Crippen LogP contribution in [-0.2, 0) is 18.0 Å². The first-order chi connectivity index (χ1) is 13.7. The molecule has 0 saturated carbocycles. The molecule has 28 heavy (non-hydrogen) atoms. The number of ether oxygens (including phenoxy) is 3. The van der Waals surface area contributed by atoms with Gasteiger partial charge in [-0.2, -0.15) is 0 Å². The summed E-state index contributed by atoms with van der Waals surface area (Å²) in [6.07, 6.45) is 0. The Morgan fingerprint density at radius 2 is 1.29 bits per heavy atom. The standard InChI is InChI=1S/C23H23NO4/c1-17(25)24-20-13-22(27-15-18-9-5-3-6-10-18)23(14-21(20)26-2)28-16-19-11-7-4-8-12-19/h3-14H,15-16H2,1-2H3,(H,24,25). The second-order valence-electron chi connectivity index (χ2n) is 6.23. The van der Waals surface area contributed by atoms with Crippen LogP contribution in [-0.4, -0.2) is 13.0 Å². The Labute approximate surface area is 164 Å². The van der Waals surface area contributed by atoms with Crippen molar-refractivity contribution in [3.8, 4) is 17.2 Å². The third kappa shape index (κ3) is 5.27. The minimum atomic E-state index is -0.190. The first-order valence-electron chi connectivity index (χ1n) is 8.99. The summed E-state index contributed by atoms with van der Waals surface area (Å²) in [5, 5.41) is 2.76. The molecule has 1 N–H and O–H groups in total. The maximum Gasteiger partial charge on any atom is 0.221 e. The fourth-order valence-corrected chi connectivity index (χ4v) is 2.69. The van der Waals surface area contributed by atoms with Crippen molar-refractivity contribution in [3.63, 3.8) is 0 Å². The van der Waals surface area contributed by atoms with Crippen LogP contribution in [0.4, 0.5) is 5.69 Å². The van der Waals surface area contributed by atoms with E-state index < -0.39 is 0 Å². The van der Waals surface area contributed by atoms with Gasteiger partial charge in [-0.25, -0.2) is 0 Å². The summed E-state index contributed by atoms with van der Waals surface area (Å²) in [5.74, 6) is 1.39. The molecule has 0 aliphatic carbocycles. The van der Waals surface area contributed by atoms with Gasteiger partial charge in [-0.05, 0) is 11.1 Å². The number of anilines is 1. The summed E-state index contributed by atoms with van der Waals surface area (Å²) in [4.78, 5) is 11.5. The van der Waals surface area contributed by atoms with Gasteiger partial charge in [-0.15, -0.1) is 0 Å². The normalized spacial score (nSPS) is 10.2. The van der Waals surface area contributed by atoms with E-state index in [2.05, 4.69) is 5.32 Å². The lowest BCUT2D eigenvalue weighted by molar-refractivity contribution is -0.114. The number of carbonyl (C=O) groups is 1. The first kappa shape index (κ1) is 19.3. The molecule has 3 aromatic carbocycles. The van der Waals surface area contributed by atoms with Gasteiger partial charge in [0.15, 0.2) is 11.5 Å². The molecule has 0 unspecified atom stereocenters. The van der Waals surface area contributed by atoms with Crippen molar-refractivity contribution in [2.24, 2.45) is 0 Å². The van der Waals surface area contributed by atoms with E-state index in [0.29, 0.717) is 36.1 Å². The Morgan fingerprint density at radius 1 is 0.786 bits per heavy atom. The number of rotatable bonds is 8. The number of hydrogen-bond acceptors (Lipinski definition) is 4. The maximum absolute atomic E-state index is 11.5. The minimum absolute atomic E-state index is 0.190. The molecule has 0 fully saturated rings. The van der Waals surface area contributed by atoms with Crippen molar-refractivity contribution < 1.29 is 19.0 Å². The number of nitrogens with one attached hydrogen (secondary N) is 1. The number of amides is 1. The number of benzene rings is 3. The molecule has 144 valence electrons. The van der Waals surface area contributed by atoms with Gasteiger partial charge >= 0.3 is 0 Å². The van der Waals surface area contributed by atoms with Gasteiger partial charge in [-0.1, -0.05) is 60.7 Å². The highest BCUT2D eigenvalue weighted by Crippen LogP contribution is 2.39. The lowest BCUT2D eigenvalue weighted by atomic mass is 10.2. The van der Waals surface area contributed by atoms with E-state index in [4.69, 9.17) is 14.2 Å². The molecule has 0 heterocycles. The predicted molar refractivity (Wildman–Crippen MR) is 109 cm³/mol. The fourth-order valence-electron chi connectivity index (χ4n) is 2.69. The van der Waals surface area contributed by atoms with E-state index in [9.17, 15) is 4.79 Å². The summed E-state index contributed by atoms with van der Waals surface area (Å²) >= 11 is 0. The van der Waals surface area contributed by atoms with Crippen molar-refractivity contribution >= 4 is 11.6 Å². The summed E-state index contributed by atoms with van der Waals surface area (Å²) in [6.45, 7) is 2.23. The molecule has 0 radical (unpaired) electrons. The monoisotopic (exact) mass is 377 g/mol. The molecule has 1 amide bonds. The zero-order chi connectivity index (χ0) is 19.8. The Bertz CT molecular complexity index is 911. The smallest absolute Gasteiger partial charge is 0.221 e. The van der Waals surface area contributed by atoms with Crippen LogP contribution in [0.5, 0.6) is 17.2 Å². The van der Waals surface area contributed by atoms with Crippen LogP contribution in [0, 0.1) is 0 Å². The Hall–Kier alpha value is -3.47. The van der Waals surface area contributed by atoms with E-state index in [1.165, 1.54) is 6.92 Å². The molecule has 0 aliphatic rings. The predicted octanol–water partition coefficient (Wildman–Crippen LogP) is 4.81. The summed E-state index contributed by atoms with van der Waals surface area (Å²) in [5.41, 5.74) is 2.61. The second kappa shape index (κ2) is 9.46. The molecule has 3 rings (SSSR count). The lowest BCUT2D eigenvalue weighted by Crippen LogP contribution is -2.08. The number of carbonyl (C=O) groups excluding carboxylic acids is 1. The lowest BCUT2D eigenvalue weighted by Gasteiger charge is -2.17. The van der Waals surface area contributed by atoms with Gasteiger partial charge in [0.25, 0.3) is 0 Å². The van der Waals surface area contributed by atoms with Crippen molar-refractivity contribution in [2.45, 2.75) is 20.1 Å². The van der Waals surface area contributed by atoms with Gasteiger partial charge in [0.1, 0.15) is 19.0 Å². The first-order valence-corrected chi connectivity index (χ1v) is 8.99. The SMILES string of the molecule is COc1cc(OCc2ccccc2)c(OCc2ccccc2)cc1NC(C)=O. The molecule has 0 atom stereocenters. The highest BCUT2D eigenvalue weighted by Gasteiger charge is 2.14. The van der Waals surface area contributed by atoms with E-state index in [-0.39, 0.29) is 5.91 Å². The molecule has 5 nitrogen and oxygen atoms in total. The average Bonchev–Trinajstić information content (AvgIpc) is 2.72. The fraction of sp³-hybridized carbons (Fsp3) is 0.174. The van der Waals surface area contributed by atoms with E-state index in [0.717, 1.165) is 11.1 Å². The highest BCUT2D eigenvalue weighted by molar-refractivity contribution is 5.91. The topological polar surface area (TPSA) is 56.8 Å². The van der Waals surface area contributed by atoms with Crippen LogP contribution in [0.2, 0.25) is 0 Å². The van der Waals surface area contributed by atoms with Crippen LogP contribution < -0.4 is 19.5 Å². The van der Waals surface area contributed by atoms with E-state index in [1.54, 1.807) is 19.2 Å². The number of methoxy groups -OCH3 is 1. The van der Waals surface area contributed by atoms with Crippen LogP contribution in [0.3, 0.4) is 0 Å². The van der Waals surface area contributed by atoms with Crippen LogP contribution in [0.1, 0.15) is 18.1 Å². The molecule has 0 saturated heterocycles. The zero-order valence-corrected chi connectivity index (χ0v) is 16.0. The molecule has 0 bridgehead atoms. The molecule has 3 aromatic rings. The van der Waals surface area contributed by atoms with Gasteiger partial charge in [-0.3, -0.25) is 4.79 Å². The molecular weight excluding hydrogens is 354 g/mol. The summed E-state index contributed by atoms with van der Waals surface area (Å²) < 4.78 is 17.4. The minimum Gasteiger partial charge on any atom is -0.494 e. The third-order valence-corrected chi connectivity index (χ3v) is 4.05. The van der Waals surface area contributed by atoms with Gasteiger partial charge in [0.05, 0.1) is 12.8 Å².